The summed E-state index contributed by atoms with van der Waals surface area (Å²) in [5.41, 5.74) is 0.238. The van der Waals surface area contributed by atoms with Crippen molar-refractivity contribution in [2.24, 2.45) is 22.7 Å². The number of hydrogen-bond donors (Lipinski definition) is 1. The summed E-state index contributed by atoms with van der Waals surface area (Å²) >= 11 is 0. The lowest BCUT2D eigenvalue weighted by molar-refractivity contribution is -0.138. The number of unbranched alkanes of at least 4 members (excludes halogenated alkanes) is 2. The minimum atomic E-state index is -0.223. The van der Waals surface area contributed by atoms with E-state index in [1.807, 2.05) is 0 Å². The SMILES string of the molecule is CC(C)(CCCCC(O)CCCCC(C)(C)C1COC(=O)C1)C1COC(=O)C1. The first-order chi connectivity index (χ1) is 13.1. The first-order valence-corrected chi connectivity index (χ1v) is 11.1. The van der Waals surface area contributed by atoms with Crippen molar-refractivity contribution in [3.05, 3.63) is 0 Å². The first-order valence-electron chi connectivity index (χ1n) is 11.1. The summed E-state index contributed by atoms with van der Waals surface area (Å²) in [5.74, 6) is 0.523. The predicted octanol–water partition coefficient (Wildman–Crippen LogP) is 4.65. The van der Waals surface area contributed by atoms with Crippen LogP contribution in [-0.2, 0) is 19.1 Å². The zero-order valence-corrected chi connectivity index (χ0v) is 18.3. The number of carbonyl (C=O) groups excluding carboxylic acids is 2. The Balaban J connectivity index is 1.53. The van der Waals surface area contributed by atoms with Gasteiger partial charge in [-0.1, -0.05) is 53.4 Å². The van der Waals surface area contributed by atoms with Crippen LogP contribution < -0.4 is 0 Å². The zero-order chi connectivity index (χ0) is 20.8. The van der Waals surface area contributed by atoms with Gasteiger partial charge < -0.3 is 14.6 Å². The molecule has 0 spiro atoms. The highest BCUT2D eigenvalue weighted by Crippen LogP contribution is 2.39. The van der Waals surface area contributed by atoms with Crippen LogP contribution in [0.25, 0.3) is 0 Å². The molecule has 2 saturated heterocycles. The van der Waals surface area contributed by atoms with Gasteiger partial charge in [0.05, 0.1) is 32.2 Å². The Kier molecular flexibility index (Phi) is 8.35. The van der Waals surface area contributed by atoms with Crippen molar-refractivity contribution >= 4 is 11.9 Å². The standard InChI is InChI=1S/C23H40O5/c1-22(2,17-13-20(25)27-15-17)11-7-5-9-19(24)10-6-8-12-23(3,4)18-14-21(26)28-16-18/h17-19,24H,5-16H2,1-4H3. The van der Waals surface area contributed by atoms with E-state index in [1.165, 1.54) is 0 Å². The second-order valence-corrected chi connectivity index (χ2v) is 10.3. The average Bonchev–Trinajstić information content (AvgIpc) is 3.25. The lowest BCUT2D eigenvalue weighted by atomic mass is 9.74. The molecule has 2 aliphatic heterocycles. The Morgan fingerprint density at radius 1 is 0.821 bits per heavy atom. The van der Waals surface area contributed by atoms with Crippen molar-refractivity contribution in [2.45, 2.75) is 98.0 Å². The van der Waals surface area contributed by atoms with Crippen molar-refractivity contribution in [1.82, 2.24) is 0 Å². The second-order valence-electron chi connectivity index (χ2n) is 10.3. The second kappa shape index (κ2) is 10.1. The van der Waals surface area contributed by atoms with Gasteiger partial charge in [-0.3, -0.25) is 9.59 Å². The number of ether oxygens (including phenoxy) is 2. The summed E-state index contributed by atoms with van der Waals surface area (Å²) < 4.78 is 10.2. The monoisotopic (exact) mass is 396 g/mol. The molecule has 28 heavy (non-hydrogen) atoms. The number of cyclic esters (lactones) is 2. The van der Waals surface area contributed by atoms with Gasteiger partial charge >= 0.3 is 11.9 Å². The fourth-order valence-electron chi connectivity index (χ4n) is 4.50. The summed E-state index contributed by atoms with van der Waals surface area (Å²) in [4.78, 5) is 22.6. The molecule has 2 atom stereocenters. The van der Waals surface area contributed by atoms with Gasteiger partial charge in [0, 0.05) is 11.8 Å². The maximum Gasteiger partial charge on any atom is 0.306 e. The van der Waals surface area contributed by atoms with Crippen LogP contribution in [0.5, 0.6) is 0 Å². The van der Waals surface area contributed by atoms with Crippen LogP contribution in [0.2, 0.25) is 0 Å². The molecular weight excluding hydrogens is 356 g/mol. The number of hydrogen-bond acceptors (Lipinski definition) is 5. The van der Waals surface area contributed by atoms with E-state index in [9.17, 15) is 14.7 Å². The van der Waals surface area contributed by atoms with Crippen LogP contribution in [0.15, 0.2) is 0 Å². The van der Waals surface area contributed by atoms with Gasteiger partial charge in [-0.15, -0.1) is 0 Å². The van der Waals surface area contributed by atoms with Crippen molar-refractivity contribution in [1.29, 1.82) is 0 Å². The van der Waals surface area contributed by atoms with Crippen LogP contribution in [0, 0.1) is 22.7 Å². The zero-order valence-electron chi connectivity index (χ0n) is 18.3. The van der Waals surface area contributed by atoms with E-state index in [1.54, 1.807) is 0 Å². The van der Waals surface area contributed by atoms with Crippen LogP contribution in [0.1, 0.15) is 91.9 Å². The number of aliphatic hydroxyl groups excluding tert-OH is 1. The molecule has 162 valence electrons. The molecule has 2 fully saturated rings. The minimum absolute atomic E-state index is 0.0660. The van der Waals surface area contributed by atoms with Crippen LogP contribution in [0.4, 0.5) is 0 Å². The predicted molar refractivity (Wildman–Crippen MR) is 109 cm³/mol. The summed E-state index contributed by atoms with van der Waals surface area (Å²) in [6.45, 7) is 10.0. The molecular formula is C23H40O5. The number of rotatable bonds is 12. The van der Waals surface area contributed by atoms with Crippen molar-refractivity contribution in [3.63, 3.8) is 0 Å². The molecule has 0 aromatic rings. The summed E-state index contributed by atoms with van der Waals surface area (Å²) in [7, 11) is 0. The van der Waals surface area contributed by atoms with E-state index in [2.05, 4.69) is 27.7 Å². The third-order valence-corrected chi connectivity index (χ3v) is 7.14. The highest BCUT2D eigenvalue weighted by Gasteiger charge is 2.37. The van der Waals surface area contributed by atoms with E-state index < -0.39 is 0 Å². The maximum atomic E-state index is 11.3. The largest absolute Gasteiger partial charge is 0.465 e. The Hall–Kier alpha value is -1.10. The van der Waals surface area contributed by atoms with Gasteiger partial charge in [0.15, 0.2) is 0 Å². The van der Waals surface area contributed by atoms with E-state index >= 15 is 0 Å². The van der Waals surface area contributed by atoms with Gasteiger partial charge in [0.1, 0.15) is 0 Å². The number of aliphatic hydroxyl groups is 1. The smallest absolute Gasteiger partial charge is 0.306 e. The van der Waals surface area contributed by atoms with E-state index in [4.69, 9.17) is 9.47 Å². The Morgan fingerprint density at radius 3 is 1.54 bits per heavy atom. The molecule has 0 bridgehead atoms. The highest BCUT2D eigenvalue weighted by atomic mass is 16.5. The normalized spacial score (nSPS) is 24.3. The van der Waals surface area contributed by atoms with Crippen LogP contribution in [-0.4, -0.2) is 36.4 Å². The van der Waals surface area contributed by atoms with Gasteiger partial charge in [-0.05, 0) is 36.5 Å². The van der Waals surface area contributed by atoms with E-state index in [-0.39, 0.29) is 28.9 Å². The minimum Gasteiger partial charge on any atom is -0.465 e. The topological polar surface area (TPSA) is 72.8 Å². The molecule has 0 aromatic heterocycles. The highest BCUT2D eigenvalue weighted by molar-refractivity contribution is 5.72. The molecule has 2 unspecified atom stereocenters. The molecule has 2 heterocycles. The average molecular weight is 397 g/mol. The molecule has 0 aromatic carbocycles. The fourth-order valence-corrected chi connectivity index (χ4v) is 4.50. The Labute approximate surface area is 170 Å². The molecule has 5 heteroatoms. The molecule has 0 aliphatic carbocycles. The van der Waals surface area contributed by atoms with Gasteiger partial charge in [-0.2, -0.15) is 0 Å². The molecule has 0 saturated carbocycles. The first kappa shape index (κ1) is 23.2. The molecule has 5 nitrogen and oxygen atoms in total. The Bertz CT molecular complexity index is 479. The van der Waals surface area contributed by atoms with Gasteiger partial charge in [-0.25, -0.2) is 0 Å². The van der Waals surface area contributed by atoms with E-state index in [0.29, 0.717) is 37.9 Å². The maximum absolute atomic E-state index is 11.3. The van der Waals surface area contributed by atoms with E-state index in [0.717, 1.165) is 51.4 Å². The van der Waals surface area contributed by atoms with Crippen LogP contribution >= 0.6 is 0 Å². The summed E-state index contributed by atoms with van der Waals surface area (Å²) in [5, 5.41) is 10.3. The summed E-state index contributed by atoms with van der Waals surface area (Å²) in [6.07, 6.45) is 8.93. The lowest BCUT2D eigenvalue weighted by Gasteiger charge is -2.30. The van der Waals surface area contributed by atoms with Crippen molar-refractivity contribution in [2.75, 3.05) is 13.2 Å². The number of carbonyl (C=O) groups is 2. The van der Waals surface area contributed by atoms with Gasteiger partial charge in [0.25, 0.3) is 0 Å². The molecule has 2 aliphatic rings. The Morgan fingerprint density at radius 2 is 1.21 bits per heavy atom. The third-order valence-electron chi connectivity index (χ3n) is 7.14. The van der Waals surface area contributed by atoms with Crippen LogP contribution in [0.3, 0.4) is 0 Å². The van der Waals surface area contributed by atoms with Crippen molar-refractivity contribution < 1.29 is 24.2 Å². The fraction of sp³-hybridized carbons (Fsp3) is 0.913. The molecule has 1 N–H and O–H groups in total. The quantitative estimate of drug-likeness (QED) is 0.384. The molecule has 2 rings (SSSR count). The lowest BCUT2D eigenvalue weighted by Crippen LogP contribution is -2.24. The number of esters is 2. The summed E-state index contributed by atoms with van der Waals surface area (Å²) in [6, 6.07) is 0. The third kappa shape index (κ3) is 7.06. The van der Waals surface area contributed by atoms with Crippen molar-refractivity contribution in [3.8, 4) is 0 Å². The molecule has 0 radical (unpaired) electrons. The van der Waals surface area contributed by atoms with Gasteiger partial charge in [0.2, 0.25) is 0 Å². The molecule has 0 amide bonds.